The molecule has 132 valence electrons. The van der Waals surface area contributed by atoms with Crippen molar-refractivity contribution in [2.45, 2.75) is 0 Å². The van der Waals surface area contributed by atoms with Crippen LogP contribution >= 0.6 is 11.6 Å². The summed E-state index contributed by atoms with van der Waals surface area (Å²) in [6, 6.07) is 8.01. The van der Waals surface area contributed by atoms with E-state index < -0.39 is 5.82 Å². The minimum atomic E-state index is -0.472. The van der Waals surface area contributed by atoms with Crippen LogP contribution in [0.25, 0.3) is 16.6 Å². The van der Waals surface area contributed by atoms with Gasteiger partial charge < -0.3 is 14.8 Å². The summed E-state index contributed by atoms with van der Waals surface area (Å²) in [4.78, 5) is 8.80. The molecule has 0 radical (unpaired) electrons. The molecule has 4 aromatic rings. The minimum absolute atomic E-state index is 0.152. The number of benzene rings is 2. The maximum absolute atomic E-state index is 14.2. The highest BCUT2D eigenvalue weighted by atomic mass is 35.5. The average Bonchev–Trinajstić information content (AvgIpc) is 3.13. The van der Waals surface area contributed by atoms with Crippen molar-refractivity contribution >= 4 is 39.7 Å². The smallest absolute Gasteiger partial charge is 0.157 e. The molecule has 0 aliphatic heterocycles. The molecule has 1 N–H and O–H groups in total. The van der Waals surface area contributed by atoms with Crippen LogP contribution in [0, 0.1) is 5.82 Å². The van der Waals surface area contributed by atoms with Gasteiger partial charge >= 0.3 is 0 Å². The van der Waals surface area contributed by atoms with Gasteiger partial charge in [-0.2, -0.15) is 0 Å². The van der Waals surface area contributed by atoms with Crippen LogP contribution in [0.3, 0.4) is 0 Å². The number of ether oxygens (including phenoxy) is 2. The maximum Gasteiger partial charge on any atom is 0.157 e. The van der Waals surface area contributed by atoms with E-state index >= 15 is 0 Å². The zero-order chi connectivity index (χ0) is 18.3. The van der Waals surface area contributed by atoms with Gasteiger partial charge in [0.25, 0.3) is 0 Å². The van der Waals surface area contributed by atoms with Gasteiger partial charge in [0.2, 0.25) is 0 Å². The molecule has 0 saturated carbocycles. The molecule has 2 aromatic heterocycles. The molecule has 0 unspecified atom stereocenters. The summed E-state index contributed by atoms with van der Waals surface area (Å²) in [5, 5.41) is 3.23. The zero-order valence-corrected chi connectivity index (χ0v) is 14.7. The van der Waals surface area contributed by atoms with Gasteiger partial charge in [-0.15, -0.1) is 0 Å². The molecule has 0 amide bonds. The lowest BCUT2D eigenvalue weighted by molar-refractivity contribution is 0.397. The van der Waals surface area contributed by atoms with Crippen LogP contribution in [-0.4, -0.2) is 28.6 Å². The Kier molecular flexibility index (Phi) is 4.00. The van der Waals surface area contributed by atoms with E-state index in [0.717, 1.165) is 5.52 Å². The summed E-state index contributed by atoms with van der Waals surface area (Å²) in [7, 11) is 3.14. The Morgan fingerprint density at radius 1 is 1.19 bits per heavy atom. The fraction of sp³-hybridized carbons (Fsp3) is 0.111. The van der Waals surface area contributed by atoms with E-state index in [1.165, 1.54) is 6.07 Å². The number of hydrogen-bond acceptors (Lipinski definition) is 5. The molecule has 0 aliphatic carbocycles. The Morgan fingerprint density at radius 2 is 2.04 bits per heavy atom. The number of para-hydroxylation sites is 1. The van der Waals surface area contributed by atoms with Crippen LogP contribution in [0.2, 0.25) is 5.02 Å². The molecule has 0 bridgehead atoms. The van der Waals surface area contributed by atoms with Crippen molar-refractivity contribution < 1.29 is 13.9 Å². The highest BCUT2D eigenvalue weighted by molar-refractivity contribution is 6.33. The van der Waals surface area contributed by atoms with Crippen molar-refractivity contribution in [1.82, 2.24) is 14.4 Å². The number of fused-ring (bicyclic) bond motifs is 3. The number of methoxy groups -OCH3 is 2. The Bertz CT molecular complexity index is 1110. The second-order valence-corrected chi connectivity index (χ2v) is 5.94. The number of nitrogens with one attached hydrogen (secondary N) is 1. The molecule has 2 heterocycles. The van der Waals surface area contributed by atoms with Gasteiger partial charge in [-0.25, -0.2) is 14.4 Å². The summed E-state index contributed by atoms with van der Waals surface area (Å²) in [5.41, 5.74) is 2.13. The van der Waals surface area contributed by atoms with Crippen molar-refractivity contribution in [3.05, 3.63) is 53.7 Å². The number of halogens is 2. The first kappa shape index (κ1) is 16.4. The number of aromatic nitrogens is 3. The topological polar surface area (TPSA) is 60.7 Å². The van der Waals surface area contributed by atoms with Crippen molar-refractivity contribution in [1.29, 1.82) is 0 Å². The molecule has 2 aromatic carbocycles. The third-order valence-electron chi connectivity index (χ3n) is 4.04. The molecule has 0 atom stereocenters. The molecule has 6 nitrogen and oxygen atoms in total. The van der Waals surface area contributed by atoms with Gasteiger partial charge in [-0.1, -0.05) is 17.7 Å². The first-order valence-corrected chi connectivity index (χ1v) is 8.09. The van der Waals surface area contributed by atoms with E-state index in [2.05, 4.69) is 15.3 Å². The number of anilines is 2. The fourth-order valence-electron chi connectivity index (χ4n) is 2.82. The van der Waals surface area contributed by atoms with Gasteiger partial charge in [-0.05, 0) is 12.1 Å². The first-order valence-electron chi connectivity index (χ1n) is 7.71. The molecule has 26 heavy (non-hydrogen) atoms. The number of nitrogens with zero attached hydrogens (tertiary/aromatic N) is 3. The standard InChI is InChI=1S/C18H14ClFN4O2/c1-25-10-6-13-17(15(7-10)26-2)24-9-21-8-14(24)18(22-13)23-16-11(19)4-3-5-12(16)20/h3-9H,1-2H3,(H,22,23). The lowest BCUT2D eigenvalue weighted by Crippen LogP contribution is -2.02. The van der Waals surface area contributed by atoms with Crippen molar-refractivity contribution in [3.8, 4) is 11.5 Å². The van der Waals surface area contributed by atoms with Crippen LogP contribution in [0.4, 0.5) is 15.9 Å². The maximum atomic E-state index is 14.2. The predicted octanol–water partition coefficient (Wildman–Crippen LogP) is 4.44. The lowest BCUT2D eigenvalue weighted by atomic mass is 10.2. The molecule has 0 saturated heterocycles. The van der Waals surface area contributed by atoms with Crippen LogP contribution in [-0.2, 0) is 0 Å². The van der Waals surface area contributed by atoms with Crippen molar-refractivity contribution in [2.75, 3.05) is 19.5 Å². The molecule has 0 aliphatic rings. The van der Waals surface area contributed by atoms with Crippen molar-refractivity contribution in [2.24, 2.45) is 0 Å². The summed E-state index contributed by atoms with van der Waals surface area (Å²) in [5.74, 6) is 1.12. The van der Waals surface area contributed by atoms with E-state index in [9.17, 15) is 4.39 Å². The Morgan fingerprint density at radius 3 is 2.77 bits per heavy atom. The van der Waals surface area contributed by atoms with Gasteiger partial charge in [0.05, 0.1) is 43.0 Å². The second kappa shape index (κ2) is 6.34. The van der Waals surface area contributed by atoms with E-state index in [1.54, 1.807) is 51.0 Å². The van der Waals surface area contributed by atoms with E-state index in [4.69, 9.17) is 21.1 Å². The first-order chi connectivity index (χ1) is 12.6. The van der Waals surface area contributed by atoms with Crippen LogP contribution in [0.15, 0.2) is 42.9 Å². The van der Waals surface area contributed by atoms with Crippen LogP contribution in [0.1, 0.15) is 0 Å². The Balaban J connectivity index is 1.99. The monoisotopic (exact) mass is 372 g/mol. The molecular weight excluding hydrogens is 359 g/mol. The highest BCUT2D eigenvalue weighted by Crippen LogP contribution is 2.35. The normalized spacial score (nSPS) is 11.1. The van der Waals surface area contributed by atoms with Crippen LogP contribution < -0.4 is 14.8 Å². The number of rotatable bonds is 4. The number of hydrogen-bond donors (Lipinski definition) is 1. The third-order valence-corrected chi connectivity index (χ3v) is 4.36. The Labute approximate surface area is 153 Å². The SMILES string of the molecule is COc1cc(OC)c2c(c1)nc(Nc1c(F)cccc1Cl)c1cncn12. The average molecular weight is 373 g/mol. The molecular formula is C18H14ClFN4O2. The summed E-state index contributed by atoms with van der Waals surface area (Å²) < 4.78 is 26.8. The van der Waals surface area contributed by atoms with Gasteiger partial charge in [0.1, 0.15) is 28.3 Å². The fourth-order valence-corrected chi connectivity index (χ4v) is 3.03. The summed E-state index contributed by atoms with van der Waals surface area (Å²) >= 11 is 6.13. The molecule has 0 spiro atoms. The third kappa shape index (κ3) is 2.57. The molecule has 8 heteroatoms. The minimum Gasteiger partial charge on any atom is -0.497 e. The highest BCUT2D eigenvalue weighted by Gasteiger charge is 2.16. The molecule has 0 fully saturated rings. The summed E-state index contributed by atoms with van der Waals surface area (Å²) in [6.07, 6.45) is 3.27. The van der Waals surface area contributed by atoms with E-state index in [1.807, 2.05) is 4.40 Å². The molecule has 4 rings (SSSR count). The Hall–Kier alpha value is -3.06. The zero-order valence-electron chi connectivity index (χ0n) is 14.0. The largest absolute Gasteiger partial charge is 0.497 e. The van der Waals surface area contributed by atoms with E-state index in [-0.39, 0.29) is 10.7 Å². The number of imidazole rings is 1. The van der Waals surface area contributed by atoms with Gasteiger partial charge in [0, 0.05) is 12.1 Å². The lowest BCUT2D eigenvalue weighted by Gasteiger charge is -2.14. The van der Waals surface area contributed by atoms with Gasteiger partial charge in [-0.3, -0.25) is 4.40 Å². The second-order valence-electron chi connectivity index (χ2n) is 5.53. The van der Waals surface area contributed by atoms with E-state index in [0.29, 0.717) is 28.4 Å². The van der Waals surface area contributed by atoms with Crippen molar-refractivity contribution in [3.63, 3.8) is 0 Å². The quantitative estimate of drug-likeness (QED) is 0.574. The summed E-state index contributed by atoms with van der Waals surface area (Å²) in [6.45, 7) is 0. The predicted molar refractivity (Wildman–Crippen MR) is 98.3 cm³/mol. The van der Waals surface area contributed by atoms with Crippen LogP contribution in [0.5, 0.6) is 11.5 Å². The van der Waals surface area contributed by atoms with Gasteiger partial charge in [0.15, 0.2) is 5.82 Å².